The van der Waals surface area contributed by atoms with Crippen molar-refractivity contribution in [2.24, 2.45) is 5.92 Å². The summed E-state index contributed by atoms with van der Waals surface area (Å²) >= 11 is 0. The molecule has 1 aliphatic rings. The number of carbonyl (C=O) groups is 2. The zero-order valence-corrected chi connectivity index (χ0v) is 14.1. The van der Waals surface area contributed by atoms with Gasteiger partial charge in [-0.2, -0.15) is 0 Å². The summed E-state index contributed by atoms with van der Waals surface area (Å²) in [5, 5.41) is 5.47. The first-order chi connectivity index (χ1) is 11.0. The van der Waals surface area contributed by atoms with E-state index in [1.807, 2.05) is 13.8 Å². The van der Waals surface area contributed by atoms with E-state index in [1.165, 1.54) is 6.42 Å². The van der Waals surface area contributed by atoms with Crippen LogP contribution in [0.15, 0.2) is 24.3 Å². The summed E-state index contributed by atoms with van der Waals surface area (Å²) in [6.07, 6.45) is 4.45. The highest BCUT2D eigenvalue weighted by Crippen LogP contribution is 2.23. The Kier molecular flexibility index (Phi) is 6.02. The van der Waals surface area contributed by atoms with E-state index >= 15 is 0 Å². The Morgan fingerprint density at radius 1 is 1.09 bits per heavy atom. The summed E-state index contributed by atoms with van der Waals surface area (Å²) in [5.41, 5.74) is 0.581. The molecular weight excluding hydrogens is 292 g/mol. The molecule has 0 saturated heterocycles. The van der Waals surface area contributed by atoms with Crippen LogP contribution in [-0.2, 0) is 9.59 Å². The minimum atomic E-state index is -0.625. The second-order valence-electron chi connectivity index (χ2n) is 6.49. The number of ether oxygens (including phenoxy) is 1. The van der Waals surface area contributed by atoms with Gasteiger partial charge in [0.1, 0.15) is 5.75 Å². The SMILES string of the molecule is CC(C)Oc1ccc(NC(=O)C(=O)N[C@@H]2CCCC[C@H]2C)cc1. The third-order valence-electron chi connectivity index (χ3n) is 4.12. The van der Waals surface area contributed by atoms with Gasteiger partial charge in [-0.3, -0.25) is 9.59 Å². The molecule has 1 aliphatic carbocycles. The third-order valence-corrected chi connectivity index (χ3v) is 4.12. The highest BCUT2D eigenvalue weighted by atomic mass is 16.5. The van der Waals surface area contributed by atoms with E-state index in [4.69, 9.17) is 4.74 Å². The lowest BCUT2D eigenvalue weighted by Crippen LogP contribution is -2.45. The lowest BCUT2D eigenvalue weighted by molar-refractivity contribution is -0.137. The maximum absolute atomic E-state index is 12.0. The molecule has 5 nitrogen and oxygen atoms in total. The van der Waals surface area contributed by atoms with Crippen LogP contribution >= 0.6 is 0 Å². The largest absolute Gasteiger partial charge is 0.491 e. The van der Waals surface area contributed by atoms with Crippen LogP contribution < -0.4 is 15.4 Å². The summed E-state index contributed by atoms with van der Waals surface area (Å²) < 4.78 is 5.54. The van der Waals surface area contributed by atoms with Gasteiger partial charge in [0, 0.05) is 11.7 Å². The van der Waals surface area contributed by atoms with E-state index in [-0.39, 0.29) is 12.1 Å². The summed E-state index contributed by atoms with van der Waals surface area (Å²) in [5.74, 6) is -0.0296. The molecule has 1 aromatic rings. The van der Waals surface area contributed by atoms with E-state index in [1.54, 1.807) is 24.3 Å². The van der Waals surface area contributed by atoms with E-state index in [0.29, 0.717) is 11.6 Å². The van der Waals surface area contributed by atoms with Gasteiger partial charge in [-0.05, 0) is 56.9 Å². The highest BCUT2D eigenvalue weighted by Gasteiger charge is 2.25. The predicted molar refractivity (Wildman–Crippen MR) is 90.4 cm³/mol. The molecule has 1 fully saturated rings. The number of benzene rings is 1. The van der Waals surface area contributed by atoms with Gasteiger partial charge in [0.15, 0.2) is 0 Å². The van der Waals surface area contributed by atoms with E-state index in [0.717, 1.165) is 25.0 Å². The number of nitrogens with one attached hydrogen (secondary N) is 2. The smallest absolute Gasteiger partial charge is 0.313 e. The van der Waals surface area contributed by atoms with Gasteiger partial charge < -0.3 is 15.4 Å². The number of rotatable bonds is 4. The fraction of sp³-hybridized carbons (Fsp3) is 0.556. The van der Waals surface area contributed by atoms with Crippen LogP contribution in [0.25, 0.3) is 0 Å². The summed E-state index contributed by atoms with van der Waals surface area (Å²) in [4.78, 5) is 24.0. The van der Waals surface area contributed by atoms with Gasteiger partial charge in [-0.1, -0.05) is 19.8 Å². The first kappa shape index (κ1) is 17.3. The molecule has 5 heteroatoms. The Labute approximate surface area is 137 Å². The van der Waals surface area contributed by atoms with Crippen molar-refractivity contribution in [3.8, 4) is 5.75 Å². The Hall–Kier alpha value is -2.04. The topological polar surface area (TPSA) is 67.4 Å². The second kappa shape index (κ2) is 7.99. The monoisotopic (exact) mass is 318 g/mol. The molecule has 2 atom stereocenters. The van der Waals surface area contributed by atoms with Gasteiger partial charge in [0.25, 0.3) is 0 Å². The van der Waals surface area contributed by atoms with Crippen LogP contribution in [-0.4, -0.2) is 24.0 Å². The molecule has 0 aromatic heterocycles. The molecule has 2 N–H and O–H groups in total. The number of anilines is 1. The van der Waals surface area contributed by atoms with E-state index in [9.17, 15) is 9.59 Å². The van der Waals surface area contributed by atoms with Crippen LogP contribution in [0, 0.1) is 5.92 Å². The van der Waals surface area contributed by atoms with Crippen LogP contribution in [0.4, 0.5) is 5.69 Å². The van der Waals surface area contributed by atoms with Crippen LogP contribution in [0.5, 0.6) is 5.75 Å². The average Bonchev–Trinajstić information content (AvgIpc) is 2.51. The van der Waals surface area contributed by atoms with Crippen molar-refractivity contribution in [1.29, 1.82) is 0 Å². The Morgan fingerprint density at radius 3 is 2.35 bits per heavy atom. The van der Waals surface area contributed by atoms with Crippen molar-refractivity contribution >= 4 is 17.5 Å². The lowest BCUT2D eigenvalue weighted by atomic mass is 9.86. The van der Waals surface area contributed by atoms with Crippen molar-refractivity contribution in [3.05, 3.63) is 24.3 Å². The zero-order chi connectivity index (χ0) is 16.8. The van der Waals surface area contributed by atoms with Gasteiger partial charge in [0.05, 0.1) is 6.10 Å². The molecule has 126 valence electrons. The van der Waals surface area contributed by atoms with Crippen molar-refractivity contribution in [2.75, 3.05) is 5.32 Å². The predicted octanol–water partition coefficient (Wildman–Crippen LogP) is 3.11. The molecule has 0 unspecified atom stereocenters. The van der Waals surface area contributed by atoms with Crippen molar-refractivity contribution in [1.82, 2.24) is 5.32 Å². The lowest BCUT2D eigenvalue weighted by Gasteiger charge is -2.29. The maximum Gasteiger partial charge on any atom is 0.313 e. The molecule has 1 aromatic carbocycles. The van der Waals surface area contributed by atoms with Crippen LogP contribution in [0.2, 0.25) is 0 Å². The number of amides is 2. The Bertz CT molecular complexity index is 540. The molecule has 0 aliphatic heterocycles. The van der Waals surface area contributed by atoms with E-state index < -0.39 is 11.8 Å². The Balaban J connectivity index is 1.86. The molecule has 2 amide bonds. The normalized spacial score (nSPS) is 20.9. The summed E-state index contributed by atoms with van der Waals surface area (Å²) in [7, 11) is 0. The molecule has 2 rings (SSSR count). The minimum absolute atomic E-state index is 0.0960. The highest BCUT2D eigenvalue weighted by molar-refractivity contribution is 6.39. The summed E-state index contributed by atoms with van der Waals surface area (Å²) in [6, 6.07) is 7.11. The molecule has 0 heterocycles. The summed E-state index contributed by atoms with van der Waals surface area (Å²) in [6.45, 7) is 6.02. The molecule has 0 bridgehead atoms. The van der Waals surface area contributed by atoms with Gasteiger partial charge in [-0.15, -0.1) is 0 Å². The molecular formula is C18H26N2O3. The van der Waals surface area contributed by atoms with Crippen molar-refractivity contribution in [2.45, 2.75) is 58.6 Å². The Morgan fingerprint density at radius 2 is 1.74 bits per heavy atom. The third kappa shape index (κ3) is 5.27. The van der Waals surface area contributed by atoms with Gasteiger partial charge >= 0.3 is 11.8 Å². The first-order valence-corrected chi connectivity index (χ1v) is 8.34. The fourth-order valence-electron chi connectivity index (χ4n) is 2.84. The van der Waals surface area contributed by atoms with Gasteiger partial charge in [-0.25, -0.2) is 0 Å². The first-order valence-electron chi connectivity index (χ1n) is 8.34. The zero-order valence-electron chi connectivity index (χ0n) is 14.1. The molecule has 0 radical (unpaired) electrons. The maximum atomic E-state index is 12.0. The number of carbonyl (C=O) groups excluding carboxylic acids is 2. The quantitative estimate of drug-likeness (QED) is 0.838. The number of hydrogen-bond donors (Lipinski definition) is 2. The second-order valence-corrected chi connectivity index (χ2v) is 6.49. The van der Waals surface area contributed by atoms with Crippen molar-refractivity contribution < 1.29 is 14.3 Å². The standard InChI is InChI=1S/C18H26N2O3/c1-12(2)23-15-10-8-14(9-11-15)19-17(21)18(22)20-16-7-5-4-6-13(16)3/h8-13,16H,4-7H2,1-3H3,(H,19,21)(H,20,22)/t13-,16-/m1/s1. The van der Waals surface area contributed by atoms with Crippen LogP contribution in [0.3, 0.4) is 0 Å². The average molecular weight is 318 g/mol. The van der Waals surface area contributed by atoms with Crippen molar-refractivity contribution in [3.63, 3.8) is 0 Å². The van der Waals surface area contributed by atoms with Gasteiger partial charge in [0.2, 0.25) is 0 Å². The van der Waals surface area contributed by atoms with E-state index in [2.05, 4.69) is 17.6 Å². The van der Waals surface area contributed by atoms with Crippen LogP contribution in [0.1, 0.15) is 46.5 Å². The molecule has 0 spiro atoms. The fourth-order valence-corrected chi connectivity index (χ4v) is 2.84. The number of hydrogen-bond acceptors (Lipinski definition) is 3. The minimum Gasteiger partial charge on any atom is -0.491 e. The molecule has 1 saturated carbocycles. The molecule has 23 heavy (non-hydrogen) atoms.